The summed E-state index contributed by atoms with van der Waals surface area (Å²) in [6.45, 7) is 3.45. The average molecular weight is 515 g/mol. The molecule has 0 bridgehead atoms. The van der Waals surface area contributed by atoms with Gasteiger partial charge in [0.1, 0.15) is 41.0 Å². The van der Waals surface area contributed by atoms with Crippen molar-refractivity contribution in [3.63, 3.8) is 0 Å². The number of carbonyl (C=O) groups excluding carboxylic acids is 3. The standard InChI is InChI=1S/C24H26N4O7S/c1-24(2)18(23(34)35)28-21(33)17(22(28)36-24)27-20(32)16(12-5-9-14(30)10-6-12)26-19(31)15(25)11-3-7-13(29)8-4-11/h3-10,15-18,22,29-30H,25H2,1-2H3,(H,26,31)(H,27,32)(H,34,35). The molecule has 3 amide bonds. The van der Waals surface area contributed by atoms with Gasteiger partial charge in [-0.15, -0.1) is 11.8 Å². The van der Waals surface area contributed by atoms with Crippen LogP contribution < -0.4 is 16.4 Å². The first kappa shape index (κ1) is 25.3. The third-order valence-corrected chi connectivity index (χ3v) is 7.85. The molecule has 5 atom stereocenters. The molecule has 2 heterocycles. The first-order chi connectivity index (χ1) is 16.9. The molecular weight excluding hydrogens is 488 g/mol. The zero-order valence-corrected chi connectivity index (χ0v) is 20.2. The Hall–Kier alpha value is -3.77. The van der Waals surface area contributed by atoms with Gasteiger partial charge in [-0.1, -0.05) is 24.3 Å². The lowest BCUT2D eigenvalue weighted by Gasteiger charge is -2.44. The van der Waals surface area contributed by atoms with E-state index in [0.29, 0.717) is 11.1 Å². The predicted octanol–water partition coefficient (Wildman–Crippen LogP) is 0.587. The van der Waals surface area contributed by atoms with Gasteiger partial charge in [-0.2, -0.15) is 0 Å². The van der Waals surface area contributed by atoms with Gasteiger partial charge < -0.3 is 36.6 Å². The third-order valence-electron chi connectivity index (χ3n) is 6.28. The number of nitrogens with two attached hydrogens (primary N) is 1. The first-order valence-corrected chi connectivity index (χ1v) is 12.0. The van der Waals surface area contributed by atoms with Crippen molar-refractivity contribution in [1.82, 2.24) is 15.5 Å². The van der Waals surface area contributed by atoms with Gasteiger partial charge in [-0.05, 0) is 49.2 Å². The average Bonchev–Trinajstić information content (AvgIpc) is 3.09. The van der Waals surface area contributed by atoms with Crippen LogP contribution in [0.5, 0.6) is 11.5 Å². The number of aromatic hydroxyl groups is 2. The number of hydrogen-bond donors (Lipinski definition) is 6. The van der Waals surface area contributed by atoms with Crippen LogP contribution in [0.25, 0.3) is 0 Å². The molecule has 7 N–H and O–H groups in total. The van der Waals surface area contributed by atoms with Crippen LogP contribution in [0.3, 0.4) is 0 Å². The molecule has 0 aliphatic carbocycles. The summed E-state index contributed by atoms with van der Waals surface area (Å²) in [6, 6.07) is 6.94. The number of benzene rings is 2. The maximum atomic E-state index is 13.3. The number of hydrogen-bond acceptors (Lipinski definition) is 8. The van der Waals surface area contributed by atoms with Gasteiger partial charge in [0.15, 0.2) is 0 Å². The quantitative estimate of drug-likeness (QED) is 0.288. The molecule has 0 radical (unpaired) electrons. The number of fused-ring (bicyclic) bond motifs is 1. The summed E-state index contributed by atoms with van der Waals surface area (Å²) >= 11 is 1.28. The predicted molar refractivity (Wildman–Crippen MR) is 130 cm³/mol. The molecule has 2 aliphatic rings. The van der Waals surface area contributed by atoms with E-state index < -0.39 is 58.0 Å². The topological polar surface area (TPSA) is 182 Å². The van der Waals surface area contributed by atoms with Crippen LogP contribution in [-0.4, -0.2) is 66.1 Å². The molecule has 4 rings (SSSR count). The van der Waals surface area contributed by atoms with Crippen LogP contribution in [0.15, 0.2) is 48.5 Å². The Balaban J connectivity index is 1.54. The molecule has 2 aromatic carbocycles. The summed E-state index contributed by atoms with van der Waals surface area (Å²) in [7, 11) is 0. The van der Waals surface area contributed by atoms with E-state index in [1.165, 1.54) is 65.2 Å². The van der Waals surface area contributed by atoms with E-state index in [1.54, 1.807) is 13.8 Å². The number of carboxylic acids is 1. The number of carbonyl (C=O) groups is 4. The van der Waals surface area contributed by atoms with Gasteiger partial charge >= 0.3 is 5.97 Å². The summed E-state index contributed by atoms with van der Waals surface area (Å²) in [4.78, 5) is 52.0. The monoisotopic (exact) mass is 514 g/mol. The van der Waals surface area contributed by atoms with E-state index in [1.807, 2.05) is 0 Å². The fourth-order valence-electron chi connectivity index (χ4n) is 4.41. The van der Waals surface area contributed by atoms with Crippen LogP contribution in [0.2, 0.25) is 0 Å². The van der Waals surface area contributed by atoms with Crippen LogP contribution in [0, 0.1) is 0 Å². The maximum Gasteiger partial charge on any atom is 0.327 e. The summed E-state index contributed by atoms with van der Waals surface area (Å²) < 4.78 is -0.757. The van der Waals surface area contributed by atoms with Crippen LogP contribution in [0.1, 0.15) is 37.1 Å². The Morgan fingerprint density at radius 1 is 0.972 bits per heavy atom. The zero-order valence-electron chi connectivity index (χ0n) is 19.4. The second-order valence-electron chi connectivity index (χ2n) is 9.19. The number of amides is 3. The molecule has 2 fully saturated rings. The van der Waals surface area contributed by atoms with Crippen molar-refractivity contribution in [3.05, 3.63) is 59.7 Å². The highest BCUT2D eigenvalue weighted by molar-refractivity contribution is 8.01. The van der Waals surface area contributed by atoms with E-state index in [4.69, 9.17) is 5.73 Å². The van der Waals surface area contributed by atoms with E-state index in [2.05, 4.69) is 10.6 Å². The molecule has 0 spiro atoms. The highest BCUT2D eigenvalue weighted by Crippen LogP contribution is 2.50. The van der Waals surface area contributed by atoms with Crippen molar-refractivity contribution in [2.75, 3.05) is 0 Å². The summed E-state index contributed by atoms with van der Waals surface area (Å²) in [5.41, 5.74) is 6.80. The molecule has 12 heteroatoms. The van der Waals surface area contributed by atoms with Gasteiger partial charge in [-0.3, -0.25) is 14.4 Å². The van der Waals surface area contributed by atoms with E-state index in [-0.39, 0.29) is 11.5 Å². The van der Waals surface area contributed by atoms with Crippen molar-refractivity contribution in [1.29, 1.82) is 0 Å². The number of nitrogens with zero attached hydrogens (tertiary/aromatic N) is 1. The van der Waals surface area contributed by atoms with E-state index >= 15 is 0 Å². The number of β-lactam (4-membered cyclic amide) rings is 1. The van der Waals surface area contributed by atoms with Crippen molar-refractivity contribution < 1.29 is 34.5 Å². The SMILES string of the molecule is CC1(C)SC2C(NC(=O)C(NC(=O)C(N)c3ccc(O)cc3)c3ccc(O)cc3)C(=O)N2C1C(=O)O. The minimum atomic E-state index is -1.25. The second-order valence-corrected chi connectivity index (χ2v) is 11.0. The van der Waals surface area contributed by atoms with Gasteiger partial charge in [0, 0.05) is 4.75 Å². The Labute approximate surface area is 210 Å². The van der Waals surface area contributed by atoms with Crippen molar-refractivity contribution >= 4 is 35.5 Å². The molecule has 190 valence electrons. The van der Waals surface area contributed by atoms with E-state index in [9.17, 15) is 34.5 Å². The minimum absolute atomic E-state index is 0.00464. The highest BCUT2D eigenvalue weighted by Gasteiger charge is 2.64. The lowest BCUT2D eigenvalue weighted by atomic mass is 9.95. The van der Waals surface area contributed by atoms with Crippen LogP contribution in [0.4, 0.5) is 0 Å². The number of thioether (sulfide) groups is 1. The largest absolute Gasteiger partial charge is 0.508 e. The second kappa shape index (κ2) is 9.36. The number of carboxylic acid groups (broad SMARTS) is 1. The summed E-state index contributed by atoms with van der Waals surface area (Å²) in [6.07, 6.45) is 0. The lowest BCUT2D eigenvalue weighted by molar-refractivity contribution is -0.161. The fraction of sp³-hybridized carbons (Fsp3) is 0.333. The van der Waals surface area contributed by atoms with Gasteiger partial charge in [0.05, 0.1) is 0 Å². The van der Waals surface area contributed by atoms with E-state index in [0.717, 1.165) is 0 Å². The van der Waals surface area contributed by atoms with Crippen LogP contribution >= 0.6 is 11.8 Å². The van der Waals surface area contributed by atoms with Gasteiger partial charge in [-0.25, -0.2) is 4.79 Å². The molecule has 0 saturated carbocycles. The van der Waals surface area contributed by atoms with Crippen molar-refractivity contribution in [3.8, 4) is 11.5 Å². The van der Waals surface area contributed by atoms with Crippen molar-refractivity contribution in [2.24, 2.45) is 5.73 Å². The number of phenols is 2. The number of phenolic OH excluding ortho intramolecular Hbond substituents is 2. The molecule has 11 nitrogen and oxygen atoms in total. The normalized spacial score (nSPS) is 23.7. The number of aliphatic carboxylic acids is 1. The Morgan fingerprint density at radius 3 is 2.03 bits per heavy atom. The fourth-order valence-corrected chi connectivity index (χ4v) is 6.04. The lowest BCUT2D eigenvalue weighted by Crippen LogP contribution is -2.71. The number of nitrogens with one attached hydrogen (secondary N) is 2. The minimum Gasteiger partial charge on any atom is -0.508 e. The molecule has 2 aliphatic heterocycles. The molecule has 2 saturated heterocycles. The Bertz CT molecular complexity index is 1200. The Morgan fingerprint density at radius 2 is 1.50 bits per heavy atom. The maximum absolute atomic E-state index is 13.3. The smallest absolute Gasteiger partial charge is 0.327 e. The molecule has 36 heavy (non-hydrogen) atoms. The highest BCUT2D eigenvalue weighted by atomic mass is 32.2. The molecule has 2 aromatic rings. The third kappa shape index (κ3) is 4.56. The molecule has 0 aromatic heterocycles. The Kier molecular flexibility index (Phi) is 6.58. The molecular formula is C24H26N4O7S. The van der Waals surface area contributed by atoms with Crippen LogP contribution in [-0.2, 0) is 19.2 Å². The summed E-state index contributed by atoms with van der Waals surface area (Å²) in [5.74, 6) is -3.05. The first-order valence-electron chi connectivity index (χ1n) is 11.1. The van der Waals surface area contributed by atoms with Crippen molar-refractivity contribution in [2.45, 2.75) is 48.1 Å². The van der Waals surface area contributed by atoms with Gasteiger partial charge in [0.2, 0.25) is 17.7 Å². The summed E-state index contributed by atoms with van der Waals surface area (Å²) in [5, 5.41) is 33.4. The van der Waals surface area contributed by atoms with Gasteiger partial charge in [0.25, 0.3) is 0 Å². The molecule has 5 unspecified atom stereocenters. The zero-order chi connectivity index (χ0) is 26.4. The number of rotatable bonds is 7.